The molecule has 0 N–H and O–H groups in total. The molecule has 42 valence electrons. The van der Waals surface area contributed by atoms with Crippen LogP contribution >= 0.6 is 0 Å². The second-order valence-electron chi connectivity index (χ2n) is 0. The van der Waals surface area contributed by atoms with E-state index in [0.717, 1.165) is 0 Å². The van der Waals surface area contributed by atoms with Gasteiger partial charge in [0.15, 0.2) is 0 Å². The van der Waals surface area contributed by atoms with Gasteiger partial charge in [-0.1, -0.05) is 0 Å². The molecule has 0 spiro atoms. The van der Waals surface area contributed by atoms with Gasteiger partial charge in [-0.2, -0.15) is 0 Å². The molecule has 0 rings (SSSR count). The van der Waals surface area contributed by atoms with E-state index in [1.165, 1.54) is 0 Å². The van der Waals surface area contributed by atoms with Gasteiger partial charge in [0.25, 0.3) is 0 Å². The summed E-state index contributed by atoms with van der Waals surface area (Å²) in [5.41, 5.74) is 0. The predicted molar refractivity (Wildman–Crippen MR) is 17.1 cm³/mol. The van der Waals surface area contributed by atoms with Crippen molar-refractivity contribution in [2.24, 2.45) is 0 Å². The Morgan fingerprint density at radius 2 is 1.00 bits per heavy atom. The van der Waals surface area contributed by atoms with Crippen LogP contribution in [-0.2, 0) is 71.7 Å². The van der Waals surface area contributed by atoms with Crippen LogP contribution in [0, 0.1) is 0 Å². The summed E-state index contributed by atoms with van der Waals surface area (Å²) in [7, 11) is 0. The zero-order valence-electron chi connectivity index (χ0n) is 2.04. The molecule has 6 heteroatoms. The molecule has 0 heterocycles. The smallest absolute Gasteiger partial charge is 0 e. The molecule has 0 aromatic carbocycles. The van der Waals surface area contributed by atoms with E-state index in [9.17, 15) is 0 Å². The second kappa shape index (κ2) is 50.7. The third-order valence-electron chi connectivity index (χ3n) is 0. The van der Waals surface area contributed by atoms with Crippen molar-refractivity contribution in [1.29, 1.82) is 0 Å². The van der Waals surface area contributed by atoms with Crippen molar-refractivity contribution >= 4 is 19.4 Å². The van der Waals surface area contributed by atoms with Crippen LogP contribution in [0.3, 0.4) is 0 Å². The van der Waals surface area contributed by atoms with Crippen LogP contribution in [0.1, 0.15) is 0 Å². The van der Waals surface area contributed by atoms with Crippen LogP contribution in [0.5, 0.6) is 0 Å². The Hall–Kier alpha value is 2.50. The van der Waals surface area contributed by atoms with Gasteiger partial charge >= 0.3 is 0 Å². The molecular weight excluding hydrogens is 392 g/mol. The average Bonchev–Trinajstić information content (AvgIpc) is 0. The van der Waals surface area contributed by atoms with Gasteiger partial charge in [-0.05, 0) is 11.0 Å². The largest absolute Gasteiger partial charge is 0.0149 e. The van der Waals surface area contributed by atoms with Crippen molar-refractivity contribution in [2.75, 3.05) is 0 Å². The molecule has 0 saturated carbocycles. The predicted octanol–water partition coefficient (Wildman–Crippen LogP) is -1.84. The third kappa shape index (κ3) is 31.4. The minimum atomic E-state index is 0. The molecule has 4 radical (unpaired) electrons. The first-order valence-corrected chi connectivity index (χ1v) is 0. The Morgan fingerprint density at radius 1 is 1.00 bits per heavy atom. The minimum absolute atomic E-state index is 0. The summed E-state index contributed by atoms with van der Waals surface area (Å²) in [6.07, 6.45) is 0. The van der Waals surface area contributed by atoms with Crippen molar-refractivity contribution in [3.63, 3.8) is 0 Å². The molecule has 0 nitrogen and oxygen atoms in total. The summed E-state index contributed by atoms with van der Waals surface area (Å²) in [5.74, 6) is 0. The first-order valence-electron chi connectivity index (χ1n) is 0. The topological polar surface area (TPSA) is 0 Å². The fourth-order valence-electron chi connectivity index (χ4n) is 0. The van der Waals surface area contributed by atoms with Crippen LogP contribution in [0.25, 0.3) is 0 Å². The van der Waals surface area contributed by atoms with E-state index in [1.54, 1.807) is 0 Å². The fraction of sp³-hybridized carbons (Fsp3) is 0. The molecule has 0 bridgehead atoms. The molecule has 0 aromatic heterocycles. The summed E-state index contributed by atoms with van der Waals surface area (Å²) in [4.78, 5) is 0. The Bertz CT molecular complexity index is 15.5. The van der Waals surface area contributed by atoms with Crippen LogP contribution in [0.2, 0.25) is 0 Å². The molecule has 0 saturated heterocycles. The van der Waals surface area contributed by atoms with E-state index in [2.05, 4.69) is 0 Å². The molecule has 0 fully saturated rings. The van der Waals surface area contributed by atoms with Gasteiger partial charge in [0, 0.05) is 80.1 Å². The summed E-state index contributed by atoms with van der Waals surface area (Å²) >= 11 is 0. The van der Waals surface area contributed by atoms with Crippen LogP contribution < -0.4 is 0 Å². The standard InChI is InChI=1S/B.Co.Cr.Ni.H4Si.W/h;;;;1H4;. The van der Waals surface area contributed by atoms with E-state index in [0.29, 0.717) is 0 Å². The Labute approximate surface area is 90.1 Å². The summed E-state index contributed by atoms with van der Waals surface area (Å²) in [6.45, 7) is 0. The van der Waals surface area contributed by atoms with Gasteiger partial charge in [-0.3, -0.25) is 0 Å². The van der Waals surface area contributed by atoms with E-state index in [-0.39, 0.29) is 91.1 Å². The molecule has 0 aliphatic rings. The molecule has 0 aromatic rings. The van der Waals surface area contributed by atoms with Crippen molar-refractivity contribution in [1.82, 2.24) is 0 Å². The van der Waals surface area contributed by atoms with E-state index in [1.807, 2.05) is 0 Å². The number of rotatable bonds is 0. The van der Waals surface area contributed by atoms with Gasteiger partial charge in [0.1, 0.15) is 0 Å². The molecule has 0 atom stereocenters. The maximum absolute atomic E-state index is 0. The SMILES string of the molecule is [B].[Co].[Cr].[Ni].[SiH4].[W]. The van der Waals surface area contributed by atoms with E-state index >= 15 is 0 Å². The first kappa shape index (κ1) is 76.4. The van der Waals surface area contributed by atoms with Crippen molar-refractivity contribution in [3.8, 4) is 0 Å². The Kier molecular flexibility index (Phi) is 645. The van der Waals surface area contributed by atoms with E-state index < -0.39 is 0 Å². The molecule has 0 amide bonds. The summed E-state index contributed by atoms with van der Waals surface area (Å²) in [6, 6.07) is 0. The number of hydrogen-bond donors (Lipinski definition) is 0. The van der Waals surface area contributed by atoms with Gasteiger partial charge < -0.3 is 0 Å². The molecule has 0 aliphatic heterocycles. The van der Waals surface area contributed by atoms with Crippen LogP contribution in [0.15, 0.2) is 0 Å². The third-order valence-corrected chi connectivity index (χ3v) is 0. The minimum Gasteiger partial charge on any atom is -0.0149 e. The second-order valence-corrected chi connectivity index (χ2v) is 0. The Morgan fingerprint density at radius 3 is 1.00 bits per heavy atom. The molecule has 0 aliphatic carbocycles. The monoisotopic (exact) mass is 396 g/mol. The average molecular weight is 396 g/mol. The van der Waals surface area contributed by atoms with Crippen LogP contribution in [0.4, 0.5) is 0 Å². The maximum atomic E-state index is 0. The summed E-state index contributed by atoms with van der Waals surface area (Å²) < 4.78 is 0. The van der Waals surface area contributed by atoms with Crippen molar-refractivity contribution in [3.05, 3.63) is 0 Å². The molecule has 0 unspecified atom stereocenters. The van der Waals surface area contributed by atoms with Gasteiger partial charge in [-0.15, -0.1) is 0 Å². The molecule has 6 heavy (non-hydrogen) atoms. The van der Waals surface area contributed by atoms with E-state index in [4.69, 9.17) is 0 Å². The van der Waals surface area contributed by atoms with Gasteiger partial charge in [0.05, 0.1) is 0 Å². The normalized spacial score (nSPS) is 0. The fourth-order valence-corrected chi connectivity index (χ4v) is 0. The summed E-state index contributed by atoms with van der Waals surface area (Å²) in [5, 5.41) is 0. The Balaban J connectivity index is 0. The van der Waals surface area contributed by atoms with Gasteiger partial charge in [0.2, 0.25) is 0 Å². The van der Waals surface area contributed by atoms with Gasteiger partial charge in [-0.25, -0.2) is 0 Å². The van der Waals surface area contributed by atoms with Crippen LogP contribution in [-0.4, -0.2) is 19.4 Å². The molecular formula is H4BCoCrNiSiW. The zero-order chi connectivity index (χ0) is 0. The van der Waals surface area contributed by atoms with Crippen molar-refractivity contribution in [2.45, 2.75) is 0 Å². The first-order chi connectivity index (χ1) is 0. The van der Waals surface area contributed by atoms with Crippen molar-refractivity contribution < 1.29 is 71.7 Å². The quantitative estimate of drug-likeness (QED) is 0.422. The maximum Gasteiger partial charge on any atom is 0 e. The number of hydrogen-bond acceptors (Lipinski definition) is 0. The zero-order valence-corrected chi connectivity index (χ0v) is 8.28.